The fraction of sp³-hybridized carbons (Fsp3) is 0.372. The molecule has 0 spiro atoms. The second kappa shape index (κ2) is 15.9. The maximum Gasteiger partial charge on any atom is 0.410 e. The smallest absolute Gasteiger partial charge is 0.410 e. The van der Waals surface area contributed by atoms with Crippen molar-refractivity contribution in [1.82, 2.24) is 10.2 Å². The number of esters is 1. The van der Waals surface area contributed by atoms with Gasteiger partial charge in [0.15, 0.2) is 0 Å². The highest BCUT2D eigenvalue weighted by atomic mass is 19.1. The summed E-state index contributed by atoms with van der Waals surface area (Å²) in [4.78, 5) is 43.2. The molecule has 6 atom stereocenters. The van der Waals surface area contributed by atoms with Gasteiger partial charge in [0.2, 0.25) is 5.91 Å². The molecule has 4 aromatic carbocycles. The van der Waals surface area contributed by atoms with Crippen molar-refractivity contribution in [3.8, 4) is 22.6 Å². The Kier molecular flexibility index (Phi) is 10.9. The van der Waals surface area contributed by atoms with E-state index >= 15 is 0 Å². The van der Waals surface area contributed by atoms with Gasteiger partial charge in [-0.15, -0.1) is 0 Å². The standard InChI is InChI=1S/C43H45FN2O8/c1-25(41(47)45-36(19-26-11-5-10-16-35(26)44)42(48)53-23-27-17-18-29(50-2)22-39(27)51-3)40(52-4)38-21-28-20-37(28)46(38)43(49)54-24-34-32-14-8-6-12-30(32)31-13-7-9-15-33(31)34/h5-18,22,25,28,34,36-38,40H,19-21,23-24H2,1-4H3,(H,45,47)/t25-,28+,36+,37+,38+,40-/m1/s1. The fourth-order valence-electron chi connectivity index (χ4n) is 8.17. The van der Waals surface area contributed by atoms with E-state index < -0.39 is 47.9 Å². The summed E-state index contributed by atoms with van der Waals surface area (Å²) in [6.45, 7) is 1.74. The Hall–Kier alpha value is -5.42. The Morgan fingerprint density at radius 1 is 0.833 bits per heavy atom. The molecule has 1 aliphatic heterocycles. The van der Waals surface area contributed by atoms with Crippen LogP contribution in [-0.2, 0) is 36.8 Å². The van der Waals surface area contributed by atoms with Crippen molar-refractivity contribution in [1.29, 1.82) is 0 Å². The summed E-state index contributed by atoms with van der Waals surface area (Å²) < 4.78 is 43.2. The van der Waals surface area contributed by atoms with Gasteiger partial charge in [0, 0.05) is 37.1 Å². The summed E-state index contributed by atoms with van der Waals surface area (Å²) >= 11 is 0. The zero-order valence-corrected chi connectivity index (χ0v) is 30.8. The Balaban J connectivity index is 1.04. The number of nitrogens with one attached hydrogen (secondary N) is 1. The van der Waals surface area contributed by atoms with Crippen LogP contribution in [0.15, 0.2) is 91.0 Å². The number of benzene rings is 4. The quantitative estimate of drug-likeness (QED) is 0.143. The molecule has 2 aliphatic carbocycles. The van der Waals surface area contributed by atoms with Gasteiger partial charge in [0.25, 0.3) is 0 Å². The van der Waals surface area contributed by atoms with Gasteiger partial charge < -0.3 is 29.0 Å². The first-order valence-corrected chi connectivity index (χ1v) is 18.3. The van der Waals surface area contributed by atoms with Crippen LogP contribution in [0, 0.1) is 17.7 Å². The second-order valence-corrected chi connectivity index (χ2v) is 14.2. The lowest BCUT2D eigenvalue weighted by Crippen LogP contribution is -2.53. The van der Waals surface area contributed by atoms with E-state index in [4.69, 9.17) is 23.7 Å². The molecule has 1 saturated carbocycles. The Labute approximate surface area is 314 Å². The Morgan fingerprint density at radius 3 is 2.19 bits per heavy atom. The Bertz CT molecular complexity index is 1980. The number of hydrogen-bond donors (Lipinski definition) is 1. The van der Waals surface area contributed by atoms with Crippen molar-refractivity contribution < 1.29 is 42.5 Å². The van der Waals surface area contributed by atoms with Crippen molar-refractivity contribution in [3.63, 3.8) is 0 Å². The van der Waals surface area contributed by atoms with Crippen molar-refractivity contribution >= 4 is 18.0 Å². The molecule has 1 N–H and O–H groups in total. The number of halogens is 1. The lowest BCUT2D eigenvalue weighted by atomic mass is 9.93. The number of carbonyl (C=O) groups is 3. The highest BCUT2D eigenvalue weighted by Gasteiger charge is 2.58. The summed E-state index contributed by atoms with van der Waals surface area (Å²) in [6, 6.07) is 25.9. The lowest BCUT2D eigenvalue weighted by molar-refractivity contribution is -0.150. The molecule has 0 bridgehead atoms. The minimum absolute atomic E-state index is 0.0114. The molecule has 7 rings (SSSR count). The van der Waals surface area contributed by atoms with Crippen LogP contribution in [-0.4, -0.2) is 75.0 Å². The molecule has 0 aromatic heterocycles. The minimum Gasteiger partial charge on any atom is -0.497 e. The predicted molar refractivity (Wildman–Crippen MR) is 199 cm³/mol. The van der Waals surface area contributed by atoms with Gasteiger partial charge in [-0.25, -0.2) is 14.0 Å². The topological polar surface area (TPSA) is 113 Å². The zero-order valence-electron chi connectivity index (χ0n) is 30.8. The normalized spacial score (nSPS) is 19.8. The molecule has 1 saturated heterocycles. The highest BCUT2D eigenvalue weighted by Crippen LogP contribution is 2.50. The molecule has 3 aliphatic rings. The first-order valence-electron chi connectivity index (χ1n) is 18.3. The van der Waals surface area contributed by atoms with Crippen LogP contribution < -0.4 is 14.8 Å². The van der Waals surface area contributed by atoms with Crippen molar-refractivity contribution in [3.05, 3.63) is 119 Å². The molecule has 282 valence electrons. The molecule has 0 radical (unpaired) electrons. The van der Waals surface area contributed by atoms with Crippen molar-refractivity contribution in [2.75, 3.05) is 27.9 Å². The van der Waals surface area contributed by atoms with Crippen LogP contribution in [0.4, 0.5) is 9.18 Å². The van der Waals surface area contributed by atoms with Crippen LogP contribution in [0.3, 0.4) is 0 Å². The zero-order chi connectivity index (χ0) is 37.9. The number of fused-ring (bicyclic) bond motifs is 4. The second-order valence-electron chi connectivity index (χ2n) is 14.2. The molecule has 1 heterocycles. The van der Waals surface area contributed by atoms with Gasteiger partial charge in [-0.2, -0.15) is 0 Å². The number of nitrogens with zero attached hydrogens (tertiary/aromatic N) is 1. The van der Waals surface area contributed by atoms with Gasteiger partial charge in [0.1, 0.15) is 36.6 Å². The van der Waals surface area contributed by atoms with Gasteiger partial charge in [-0.1, -0.05) is 73.7 Å². The van der Waals surface area contributed by atoms with Crippen LogP contribution in [0.25, 0.3) is 11.1 Å². The van der Waals surface area contributed by atoms with E-state index in [9.17, 15) is 18.8 Å². The first kappa shape index (κ1) is 36.9. The summed E-state index contributed by atoms with van der Waals surface area (Å²) in [5, 5.41) is 2.82. The maximum atomic E-state index is 14.8. The molecular weight excluding hydrogens is 691 g/mol. The number of amides is 2. The number of hydrogen-bond acceptors (Lipinski definition) is 8. The van der Waals surface area contributed by atoms with Gasteiger partial charge in [-0.3, -0.25) is 9.69 Å². The van der Waals surface area contributed by atoms with Crippen LogP contribution in [0.2, 0.25) is 0 Å². The van der Waals surface area contributed by atoms with Gasteiger partial charge in [0.05, 0.1) is 32.3 Å². The molecule has 0 unspecified atom stereocenters. The van der Waals surface area contributed by atoms with Gasteiger partial charge >= 0.3 is 12.1 Å². The molecule has 4 aromatic rings. The number of rotatable bonds is 14. The van der Waals surface area contributed by atoms with Crippen molar-refractivity contribution in [2.24, 2.45) is 11.8 Å². The van der Waals surface area contributed by atoms with Crippen molar-refractivity contribution in [2.45, 2.75) is 62.9 Å². The highest BCUT2D eigenvalue weighted by molar-refractivity contribution is 5.86. The van der Waals surface area contributed by atoms with E-state index in [2.05, 4.69) is 29.6 Å². The summed E-state index contributed by atoms with van der Waals surface area (Å²) in [5.41, 5.74) is 5.37. The summed E-state index contributed by atoms with van der Waals surface area (Å²) in [7, 11) is 4.55. The number of piperidine rings is 1. The maximum absolute atomic E-state index is 14.8. The molecule has 2 fully saturated rings. The van der Waals surface area contributed by atoms with Crippen LogP contribution in [0.1, 0.15) is 47.9 Å². The monoisotopic (exact) mass is 736 g/mol. The number of methoxy groups -OCH3 is 3. The molecule has 54 heavy (non-hydrogen) atoms. The number of carbonyl (C=O) groups excluding carboxylic acids is 3. The molecule has 2 amide bonds. The Morgan fingerprint density at radius 2 is 1.52 bits per heavy atom. The third-order valence-corrected chi connectivity index (χ3v) is 11.1. The third kappa shape index (κ3) is 7.37. The molecular formula is C43H45FN2O8. The summed E-state index contributed by atoms with van der Waals surface area (Å²) in [6.07, 6.45) is 0.257. The average Bonchev–Trinajstić information content (AvgIpc) is 3.74. The largest absolute Gasteiger partial charge is 0.497 e. The average molecular weight is 737 g/mol. The third-order valence-electron chi connectivity index (χ3n) is 11.1. The van der Waals surface area contributed by atoms with Crippen LogP contribution in [0.5, 0.6) is 11.5 Å². The molecule has 10 nitrogen and oxygen atoms in total. The number of ether oxygens (including phenoxy) is 5. The van der Waals surface area contributed by atoms with Gasteiger partial charge in [-0.05, 0) is 64.8 Å². The van der Waals surface area contributed by atoms with E-state index in [0.717, 1.165) is 28.7 Å². The number of likely N-dealkylation sites (tertiary alicyclic amines) is 1. The lowest BCUT2D eigenvalue weighted by Gasteiger charge is -2.35. The van der Waals surface area contributed by atoms with E-state index in [1.807, 2.05) is 24.3 Å². The minimum atomic E-state index is -1.21. The van der Waals surface area contributed by atoms with E-state index in [-0.39, 0.29) is 37.2 Å². The fourth-order valence-corrected chi connectivity index (χ4v) is 8.17. The summed E-state index contributed by atoms with van der Waals surface area (Å²) in [5.74, 6) is -1.29. The SMILES string of the molecule is COc1ccc(COC(=O)[C@H](Cc2ccccc2F)NC(=O)[C@H](C)[C@@H](OC)[C@@H]2C[C@@H]3C[C@@H]3N2C(=O)OCC2c3ccccc3-c3ccccc32)c(OC)c1. The first-order chi connectivity index (χ1) is 26.2. The van der Waals surface area contributed by atoms with E-state index in [1.165, 1.54) is 27.4 Å². The molecule has 11 heteroatoms. The predicted octanol–water partition coefficient (Wildman–Crippen LogP) is 6.68. The van der Waals surface area contributed by atoms with E-state index in [0.29, 0.717) is 29.4 Å². The van der Waals surface area contributed by atoms with E-state index in [1.54, 1.807) is 48.2 Å². The van der Waals surface area contributed by atoms with Crippen LogP contribution >= 0.6 is 0 Å².